The highest BCUT2D eigenvalue weighted by molar-refractivity contribution is 5.92. The number of amides is 1. The summed E-state index contributed by atoms with van der Waals surface area (Å²) >= 11 is 0. The van der Waals surface area contributed by atoms with Crippen molar-refractivity contribution in [1.82, 2.24) is 4.90 Å². The predicted octanol–water partition coefficient (Wildman–Crippen LogP) is -0.626. The molecule has 5 heteroatoms. The van der Waals surface area contributed by atoms with E-state index in [-0.39, 0.29) is 18.4 Å². The Labute approximate surface area is 73.4 Å². The van der Waals surface area contributed by atoms with Gasteiger partial charge in [-0.2, -0.15) is 4.99 Å². The Hall–Kier alpha value is -1.10. The number of carbonyl (C=O) groups is 1. The highest BCUT2D eigenvalue weighted by Crippen LogP contribution is 1.77. The van der Waals surface area contributed by atoms with Crippen molar-refractivity contribution in [3.05, 3.63) is 0 Å². The molecule has 4 N–H and O–H groups in total. The normalized spacial score (nSPS) is 8.42. The smallest absolute Gasteiger partial charge is 0.262 e. The number of aliphatic imine (C=N–C) groups is 1. The van der Waals surface area contributed by atoms with Crippen LogP contribution < -0.4 is 11.5 Å². The molecule has 0 fully saturated rings. The summed E-state index contributed by atoms with van der Waals surface area (Å²) in [5.41, 5.74) is 9.91. The van der Waals surface area contributed by atoms with Crippen LogP contribution >= 0.6 is 0 Å². The van der Waals surface area contributed by atoms with Crippen molar-refractivity contribution in [2.75, 3.05) is 20.6 Å². The van der Waals surface area contributed by atoms with Crippen LogP contribution in [0.1, 0.15) is 13.8 Å². The summed E-state index contributed by atoms with van der Waals surface area (Å²) in [6.07, 6.45) is 0. The number of carbonyl (C=O) groups excluding carboxylic acids is 1. The van der Waals surface area contributed by atoms with Gasteiger partial charge < -0.3 is 16.4 Å². The van der Waals surface area contributed by atoms with Crippen LogP contribution in [0.15, 0.2) is 4.99 Å². The van der Waals surface area contributed by atoms with E-state index in [2.05, 4.69) is 4.99 Å². The fourth-order valence-electron chi connectivity index (χ4n) is 0.450. The molecule has 0 spiro atoms. The Morgan fingerprint density at radius 3 is 2.00 bits per heavy atom. The Kier molecular flexibility index (Phi) is 8.99. The van der Waals surface area contributed by atoms with Gasteiger partial charge in [0.2, 0.25) is 0 Å². The lowest BCUT2D eigenvalue weighted by atomic mass is 10.6. The van der Waals surface area contributed by atoms with E-state index >= 15 is 0 Å². The lowest BCUT2D eigenvalue weighted by molar-refractivity contribution is -0.118. The van der Waals surface area contributed by atoms with Crippen LogP contribution in [-0.2, 0) is 4.79 Å². The first kappa shape index (κ1) is 13.5. The number of hydrogen-bond acceptors (Lipinski definition) is 2. The highest BCUT2D eigenvalue weighted by Gasteiger charge is 1.99. The maximum atomic E-state index is 10.7. The zero-order valence-electron chi connectivity index (χ0n) is 8.16. The highest BCUT2D eigenvalue weighted by atomic mass is 16.1. The topological polar surface area (TPSA) is 84.7 Å². The minimum absolute atomic E-state index is 0.188. The van der Waals surface area contributed by atoms with E-state index in [0.29, 0.717) is 0 Å². The van der Waals surface area contributed by atoms with Crippen molar-refractivity contribution in [2.24, 2.45) is 16.5 Å². The molecule has 0 aliphatic rings. The first-order chi connectivity index (χ1) is 5.52. The zero-order valence-corrected chi connectivity index (χ0v) is 8.16. The molecule has 0 saturated carbocycles. The molecule has 0 aromatic rings. The van der Waals surface area contributed by atoms with Crippen LogP contribution in [0.3, 0.4) is 0 Å². The van der Waals surface area contributed by atoms with Crippen LogP contribution in [0.5, 0.6) is 0 Å². The van der Waals surface area contributed by atoms with Crippen molar-refractivity contribution in [3.63, 3.8) is 0 Å². The number of likely N-dealkylation sites (N-methyl/N-ethyl adjacent to an activating group) is 1. The molecular weight excluding hydrogens is 156 g/mol. The third-order valence-electron chi connectivity index (χ3n) is 0.705. The molecule has 0 aliphatic heterocycles. The molecule has 0 bridgehead atoms. The number of guanidine groups is 1. The molecule has 1 amide bonds. The lowest BCUT2D eigenvalue weighted by Gasteiger charge is -2.03. The second-order valence-corrected chi connectivity index (χ2v) is 2.17. The molecule has 0 aromatic carbocycles. The Morgan fingerprint density at radius 2 is 1.75 bits per heavy atom. The van der Waals surface area contributed by atoms with Crippen molar-refractivity contribution in [1.29, 1.82) is 0 Å². The Balaban J connectivity index is 0. The quantitative estimate of drug-likeness (QED) is 0.431. The molecular formula is C7H18N4O. The van der Waals surface area contributed by atoms with Crippen LogP contribution in [0.25, 0.3) is 0 Å². The van der Waals surface area contributed by atoms with E-state index < -0.39 is 0 Å². The zero-order chi connectivity index (χ0) is 10.1. The number of rotatable bonds is 2. The second kappa shape index (κ2) is 8.00. The molecule has 72 valence electrons. The van der Waals surface area contributed by atoms with Crippen LogP contribution in [-0.4, -0.2) is 37.4 Å². The van der Waals surface area contributed by atoms with Gasteiger partial charge in [-0.3, -0.25) is 4.79 Å². The average molecular weight is 174 g/mol. The maximum Gasteiger partial charge on any atom is 0.262 e. The molecule has 0 saturated heterocycles. The molecule has 0 unspecified atom stereocenters. The van der Waals surface area contributed by atoms with Gasteiger partial charge in [0.1, 0.15) is 0 Å². The van der Waals surface area contributed by atoms with Crippen LogP contribution in [0.4, 0.5) is 0 Å². The monoisotopic (exact) mass is 174 g/mol. The molecule has 0 aliphatic carbocycles. The minimum Gasteiger partial charge on any atom is -0.370 e. The summed E-state index contributed by atoms with van der Waals surface area (Å²) in [6.45, 7) is 4.23. The molecule has 5 nitrogen and oxygen atoms in total. The molecule has 0 atom stereocenters. The van der Waals surface area contributed by atoms with Gasteiger partial charge >= 0.3 is 0 Å². The summed E-state index contributed by atoms with van der Waals surface area (Å²) < 4.78 is 0. The Bertz CT molecular complexity index is 149. The maximum absolute atomic E-state index is 10.7. The summed E-state index contributed by atoms with van der Waals surface area (Å²) in [6, 6.07) is 0. The molecule has 0 aromatic heterocycles. The molecule has 0 radical (unpaired) electrons. The number of hydrogen-bond donors (Lipinski definition) is 2. The van der Waals surface area contributed by atoms with Crippen molar-refractivity contribution < 1.29 is 4.79 Å². The Morgan fingerprint density at radius 1 is 1.33 bits per heavy atom. The summed E-state index contributed by atoms with van der Waals surface area (Å²) in [5.74, 6) is -0.517. The van der Waals surface area contributed by atoms with Gasteiger partial charge in [-0.25, -0.2) is 0 Å². The molecule has 0 rings (SSSR count). The summed E-state index contributed by atoms with van der Waals surface area (Å²) in [7, 11) is 3.53. The average Bonchev–Trinajstić information content (AvgIpc) is 1.87. The van der Waals surface area contributed by atoms with E-state index in [1.807, 2.05) is 13.8 Å². The predicted molar refractivity (Wildman–Crippen MR) is 50.7 cm³/mol. The van der Waals surface area contributed by atoms with E-state index in [1.54, 1.807) is 19.0 Å². The van der Waals surface area contributed by atoms with E-state index in [1.165, 1.54) is 0 Å². The van der Waals surface area contributed by atoms with Crippen molar-refractivity contribution in [2.45, 2.75) is 13.8 Å². The third-order valence-corrected chi connectivity index (χ3v) is 0.705. The van der Waals surface area contributed by atoms with Gasteiger partial charge in [0, 0.05) is 0 Å². The largest absolute Gasteiger partial charge is 0.370 e. The fourth-order valence-corrected chi connectivity index (χ4v) is 0.450. The molecule has 12 heavy (non-hydrogen) atoms. The van der Waals surface area contributed by atoms with Gasteiger partial charge in [0.25, 0.3) is 5.91 Å². The fraction of sp³-hybridized carbons (Fsp3) is 0.714. The van der Waals surface area contributed by atoms with Gasteiger partial charge in [-0.15, -0.1) is 0 Å². The summed E-state index contributed by atoms with van der Waals surface area (Å²) in [4.78, 5) is 15.7. The SMILES string of the molecule is CC.CN(C)CC(=O)N=C(N)N. The first-order valence-corrected chi connectivity index (χ1v) is 3.79. The van der Waals surface area contributed by atoms with Crippen molar-refractivity contribution >= 4 is 11.9 Å². The van der Waals surface area contributed by atoms with Crippen LogP contribution in [0, 0.1) is 0 Å². The van der Waals surface area contributed by atoms with E-state index in [0.717, 1.165) is 0 Å². The lowest BCUT2D eigenvalue weighted by Crippen LogP contribution is -2.27. The van der Waals surface area contributed by atoms with Gasteiger partial charge in [-0.1, -0.05) is 13.8 Å². The van der Waals surface area contributed by atoms with Gasteiger partial charge in [0.05, 0.1) is 6.54 Å². The first-order valence-electron chi connectivity index (χ1n) is 3.79. The molecule has 0 heterocycles. The van der Waals surface area contributed by atoms with E-state index in [4.69, 9.17) is 11.5 Å². The summed E-state index contributed by atoms with van der Waals surface area (Å²) in [5, 5.41) is 0. The van der Waals surface area contributed by atoms with Gasteiger partial charge in [0.15, 0.2) is 5.96 Å². The van der Waals surface area contributed by atoms with Gasteiger partial charge in [-0.05, 0) is 14.1 Å². The standard InChI is InChI=1S/C5H12N4O.C2H6/c1-9(2)3-4(10)8-5(6)7;1-2/h3H2,1-2H3,(H4,6,7,8,10);1-2H3. The third kappa shape index (κ3) is 11.7. The van der Waals surface area contributed by atoms with E-state index in [9.17, 15) is 4.79 Å². The number of nitrogens with two attached hydrogens (primary N) is 2. The van der Waals surface area contributed by atoms with Crippen molar-refractivity contribution in [3.8, 4) is 0 Å². The number of nitrogens with zero attached hydrogens (tertiary/aromatic N) is 2. The van der Waals surface area contributed by atoms with Crippen LogP contribution in [0.2, 0.25) is 0 Å². The second-order valence-electron chi connectivity index (χ2n) is 2.17. The minimum atomic E-state index is -0.329.